The highest BCUT2D eigenvalue weighted by molar-refractivity contribution is 5.83. The monoisotopic (exact) mass is 344 g/mol. The van der Waals surface area contributed by atoms with Crippen molar-refractivity contribution in [3.05, 3.63) is 45.3 Å². The Morgan fingerprint density at radius 3 is 2.64 bits per heavy atom. The molecule has 5 heteroatoms. The minimum Gasteiger partial charge on any atom is -0.466 e. The molecule has 2 aromatic rings. The highest BCUT2D eigenvalue weighted by Crippen LogP contribution is 2.22. The topological polar surface area (TPSA) is 61.0 Å². The molecule has 2 heterocycles. The first-order chi connectivity index (χ1) is 12.0. The molecule has 5 nitrogen and oxygen atoms in total. The molecule has 0 unspecified atom stereocenters. The van der Waals surface area contributed by atoms with Crippen LogP contribution in [-0.4, -0.2) is 25.7 Å². The number of esters is 1. The van der Waals surface area contributed by atoms with Gasteiger partial charge in [0.25, 0.3) is 0 Å². The molecule has 1 saturated heterocycles. The second-order valence-corrected chi connectivity index (χ2v) is 7.00. The Kier molecular flexibility index (Phi) is 5.23. The fourth-order valence-corrected chi connectivity index (χ4v) is 3.79. The lowest BCUT2D eigenvalue weighted by atomic mass is 9.96. The SMILES string of the molecule is CCOC(=O)C1CC[NH+](Cc2cc(=O)oc3c(C)cc(C)cc23)CC1. The van der Waals surface area contributed by atoms with E-state index in [1.807, 2.05) is 19.9 Å². The highest BCUT2D eigenvalue weighted by atomic mass is 16.5. The zero-order chi connectivity index (χ0) is 18.0. The van der Waals surface area contributed by atoms with E-state index in [2.05, 4.69) is 13.0 Å². The Morgan fingerprint density at radius 2 is 1.96 bits per heavy atom. The Balaban J connectivity index is 1.78. The molecule has 1 aromatic carbocycles. The number of carbonyl (C=O) groups excluding carboxylic acids is 1. The van der Waals surface area contributed by atoms with E-state index in [4.69, 9.17) is 9.15 Å². The third-order valence-electron chi connectivity index (χ3n) is 5.01. The van der Waals surface area contributed by atoms with Crippen LogP contribution in [0.3, 0.4) is 0 Å². The first kappa shape index (κ1) is 17.7. The van der Waals surface area contributed by atoms with Gasteiger partial charge in [0.1, 0.15) is 12.1 Å². The number of rotatable bonds is 4. The number of carbonyl (C=O) groups is 1. The summed E-state index contributed by atoms with van der Waals surface area (Å²) in [5.41, 5.74) is 3.58. The minimum absolute atomic E-state index is 0.0192. The maximum atomic E-state index is 12.0. The third kappa shape index (κ3) is 3.93. The molecular formula is C20H26NO4+. The molecule has 0 amide bonds. The van der Waals surface area contributed by atoms with Crippen molar-refractivity contribution in [3.63, 3.8) is 0 Å². The molecule has 0 atom stereocenters. The average molecular weight is 344 g/mol. The lowest BCUT2D eigenvalue weighted by Gasteiger charge is -2.28. The van der Waals surface area contributed by atoms with Crippen LogP contribution >= 0.6 is 0 Å². The Hall–Kier alpha value is -2.14. The second-order valence-electron chi connectivity index (χ2n) is 7.00. The average Bonchev–Trinajstić information content (AvgIpc) is 2.57. The van der Waals surface area contributed by atoms with Gasteiger partial charge in [-0.2, -0.15) is 0 Å². The van der Waals surface area contributed by atoms with Gasteiger partial charge in [0.15, 0.2) is 0 Å². The van der Waals surface area contributed by atoms with Crippen molar-refractivity contribution in [3.8, 4) is 0 Å². The second kappa shape index (κ2) is 7.40. The third-order valence-corrected chi connectivity index (χ3v) is 5.01. The predicted octanol–water partition coefficient (Wildman–Crippen LogP) is 1.77. The summed E-state index contributed by atoms with van der Waals surface area (Å²) in [5, 5.41) is 1.03. The summed E-state index contributed by atoms with van der Waals surface area (Å²) in [4.78, 5) is 25.2. The van der Waals surface area contributed by atoms with Crippen molar-refractivity contribution in [2.45, 2.75) is 40.2 Å². The number of hydrogen-bond donors (Lipinski definition) is 1. The number of piperidine rings is 1. The number of quaternary nitrogens is 1. The van der Waals surface area contributed by atoms with Gasteiger partial charge >= 0.3 is 11.6 Å². The molecule has 1 N–H and O–H groups in total. The number of aryl methyl sites for hydroxylation is 2. The van der Waals surface area contributed by atoms with Gasteiger partial charge in [0.2, 0.25) is 0 Å². The van der Waals surface area contributed by atoms with Crippen molar-refractivity contribution >= 4 is 16.9 Å². The van der Waals surface area contributed by atoms with E-state index in [0.29, 0.717) is 12.2 Å². The number of nitrogens with one attached hydrogen (secondary N) is 1. The van der Waals surface area contributed by atoms with Gasteiger partial charge in [0, 0.05) is 29.9 Å². The maximum absolute atomic E-state index is 12.0. The molecule has 0 spiro atoms. The number of fused-ring (bicyclic) bond motifs is 1. The van der Waals surface area contributed by atoms with E-state index in [0.717, 1.165) is 54.6 Å². The van der Waals surface area contributed by atoms with Crippen LogP contribution in [0.1, 0.15) is 36.5 Å². The zero-order valence-electron chi connectivity index (χ0n) is 15.2. The first-order valence-electron chi connectivity index (χ1n) is 9.02. The van der Waals surface area contributed by atoms with E-state index in [9.17, 15) is 9.59 Å². The molecule has 1 aliphatic heterocycles. The summed E-state index contributed by atoms with van der Waals surface area (Å²) < 4.78 is 10.6. The van der Waals surface area contributed by atoms with Crippen molar-refractivity contribution in [2.75, 3.05) is 19.7 Å². The Labute approximate surface area is 147 Å². The quantitative estimate of drug-likeness (QED) is 0.678. The van der Waals surface area contributed by atoms with Crippen LogP contribution in [0.25, 0.3) is 11.0 Å². The molecule has 0 radical (unpaired) electrons. The first-order valence-corrected chi connectivity index (χ1v) is 9.02. The van der Waals surface area contributed by atoms with Crippen molar-refractivity contribution in [1.82, 2.24) is 0 Å². The number of benzene rings is 1. The minimum atomic E-state index is -0.296. The summed E-state index contributed by atoms with van der Waals surface area (Å²) in [6, 6.07) is 5.74. The zero-order valence-corrected chi connectivity index (χ0v) is 15.2. The van der Waals surface area contributed by atoms with Crippen LogP contribution in [0.5, 0.6) is 0 Å². The molecule has 0 saturated carbocycles. The van der Waals surface area contributed by atoms with Crippen molar-refractivity contribution in [2.24, 2.45) is 5.92 Å². The van der Waals surface area contributed by atoms with Crippen LogP contribution in [0.2, 0.25) is 0 Å². The maximum Gasteiger partial charge on any atom is 0.336 e. The van der Waals surface area contributed by atoms with E-state index < -0.39 is 0 Å². The Morgan fingerprint density at radius 1 is 1.24 bits per heavy atom. The molecular weight excluding hydrogens is 318 g/mol. The summed E-state index contributed by atoms with van der Waals surface area (Å²) in [6.07, 6.45) is 1.68. The van der Waals surface area contributed by atoms with Gasteiger partial charge in [-0.25, -0.2) is 4.79 Å². The van der Waals surface area contributed by atoms with Gasteiger partial charge in [-0.1, -0.05) is 6.07 Å². The normalized spacial score (nSPS) is 20.6. The van der Waals surface area contributed by atoms with Crippen LogP contribution in [-0.2, 0) is 16.1 Å². The smallest absolute Gasteiger partial charge is 0.336 e. The van der Waals surface area contributed by atoms with Crippen LogP contribution in [0.15, 0.2) is 27.4 Å². The summed E-state index contributed by atoms with van der Waals surface area (Å²) >= 11 is 0. The number of likely N-dealkylation sites (tertiary alicyclic amines) is 1. The van der Waals surface area contributed by atoms with Gasteiger partial charge in [-0.15, -0.1) is 0 Å². The molecule has 3 rings (SSSR count). The molecule has 1 fully saturated rings. The summed E-state index contributed by atoms with van der Waals surface area (Å²) in [5.74, 6) is -0.0515. The van der Waals surface area contributed by atoms with Crippen LogP contribution in [0.4, 0.5) is 0 Å². The lowest BCUT2D eigenvalue weighted by Crippen LogP contribution is -3.11. The molecule has 0 aliphatic carbocycles. The largest absolute Gasteiger partial charge is 0.466 e. The van der Waals surface area contributed by atoms with E-state index in [1.165, 1.54) is 4.90 Å². The fourth-order valence-electron chi connectivity index (χ4n) is 3.79. The van der Waals surface area contributed by atoms with Gasteiger partial charge in [0.05, 0.1) is 25.6 Å². The number of ether oxygens (including phenoxy) is 1. The highest BCUT2D eigenvalue weighted by Gasteiger charge is 2.28. The molecule has 25 heavy (non-hydrogen) atoms. The van der Waals surface area contributed by atoms with E-state index in [-0.39, 0.29) is 17.5 Å². The molecule has 1 aromatic heterocycles. The van der Waals surface area contributed by atoms with Gasteiger partial charge in [-0.3, -0.25) is 4.79 Å². The summed E-state index contributed by atoms with van der Waals surface area (Å²) in [6.45, 7) is 8.91. The standard InChI is InChI=1S/C20H25NO4/c1-4-24-20(23)15-5-7-21(8-6-15)12-16-11-18(22)25-19-14(3)9-13(2)10-17(16)19/h9-11,15H,4-8,12H2,1-3H3/p+1. The van der Waals surface area contributed by atoms with Crippen molar-refractivity contribution in [1.29, 1.82) is 0 Å². The fraction of sp³-hybridized carbons (Fsp3) is 0.500. The molecule has 134 valence electrons. The van der Waals surface area contributed by atoms with Gasteiger partial charge < -0.3 is 14.1 Å². The van der Waals surface area contributed by atoms with E-state index in [1.54, 1.807) is 6.07 Å². The lowest BCUT2D eigenvalue weighted by molar-refractivity contribution is -0.919. The Bertz CT molecular complexity index is 831. The number of hydrogen-bond acceptors (Lipinski definition) is 4. The molecule has 0 bridgehead atoms. The van der Waals surface area contributed by atoms with Gasteiger partial charge in [-0.05, 0) is 38.0 Å². The predicted molar refractivity (Wildman–Crippen MR) is 95.7 cm³/mol. The van der Waals surface area contributed by atoms with E-state index >= 15 is 0 Å². The van der Waals surface area contributed by atoms with Crippen LogP contribution < -0.4 is 10.5 Å². The molecule has 1 aliphatic rings. The van der Waals surface area contributed by atoms with Crippen molar-refractivity contribution < 1.29 is 18.8 Å². The summed E-state index contributed by atoms with van der Waals surface area (Å²) in [7, 11) is 0. The van der Waals surface area contributed by atoms with Crippen LogP contribution in [0, 0.1) is 19.8 Å².